The highest BCUT2D eigenvalue weighted by molar-refractivity contribution is 8.18. The Bertz CT molecular complexity index is 1430. The second-order valence-electron chi connectivity index (χ2n) is 9.12. The quantitative estimate of drug-likeness (QED) is 0.249. The van der Waals surface area contributed by atoms with Crippen LogP contribution in [0, 0.1) is 5.92 Å². The molecule has 1 amide bonds. The number of fused-ring (bicyclic) bond motifs is 1. The van der Waals surface area contributed by atoms with Crippen LogP contribution in [0.15, 0.2) is 107 Å². The Hall–Kier alpha value is -3.83. The third-order valence-corrected chi connectivity index (χ3v) is 6.84. The van der Waals surface area contributed by atoms with Gasteiger partial charge in [0, 0.05) is 5.39 Å². The maximum atomic E-state index is 13.6. The van der Waals surface area contributed by atoms with Crippen molar-refractivity contribution in [1.82, 2.24) is 4.90 Å². The van der Waals surface area contributed by atoms with Crippen LogP contribution in [0.2, 0.25) is 0 Å². The van der Waals surface area contributed by atoms with E-state index in [4.69, 9.17) is 9.73 Å². The average molecular weight is 493 g/mol. The number of amides is 1. The fraction of sp³-hybridized carbons (Fsp3) is 0.161. The van der Waals surface area contributed by atoms with E-state index in [1.165, 1.54) is 11.8 Å². The van der Waals surface area contributed by atoms with E-state index in [2.05, 4.69) is 26.0 Å². The van der Waals surface area contributed by atoms with Crippen molar-refractivity contribution in [2.45, 2.75) is 20.4 Å². The van der Waals surface area contributed by atoms with Crippen LogP contribution in [0.25, 0.3) is 16.8 Å². The van der Waals surface area contributed by atoms with E-state index in [1.54, 1.807) is 4.90 Å². The number of carbonyl (C=O) groups is 1. The Morgan fingerprint density at radius 2 is 1.53 bits per heavy atom. The van der Waals surface area contributed by atoms with Gasteiger partial charge in [-0.25, -0.2) is 4.99 Å². The zero-order valence-corrected chi connectivity index (χ0v) is 21.2. The van der Waals surface area contributed by atoms with Crippen LogP contribution in [0.1, 0.15) is 25.0 Å². The molecule has 1 aliphatic rings. The van der Waals surface area contributed by atoms with E-state index in [-0.39, 0.29) is 5.91 Å². The molecule has 36 heavy (non-hydrogen) atoms. The van der Waals surface area contributed by atoms with Crippen LogP contribution < -0.4 is 4.74 Å². The predicted molar refractivity (Wildman–Crippen MR) is 150 cm³/mol. The van der Waals surface area contributed by atoms with Crippen molar-refractivity contribution in [2.75, 3.05) is 6.61 Å². The van der Waals surface area contributed by atoms with E-state index in [0.29, 0.717) is 29.1 Å². The van der Waals surface area contributed by atoms with E-state index >= 15 is 0 Å². The lowest BCUT2D eigenvalue weighted by molar-refractivity contribution is -0.122. The van der Waals surface area contributed by atoms with Crippen LogP contribution in [0.3, 0.4) is 0 Å². The Labute approximate surface area is 216 Å². The van der Waals surface area contributed by atoms with E-state index in [0.717, 1.165) is 33.3 Å². The first-order valence-corrected chi connectivity index (χ1v) is 12.9. The maximum absolute atomic E-state index is 13.6. The molecular formula is C31H28N2O2S. The first kappa shape index (κ1) is 23.9. The van der Waals surface area contributed by atoms with Crippen LogP contribution in [-0.2, 0) is 11.3 Å². The number of nitrogens with zero attached hydrogens (tertiary/aromatic N) is 2. The fourth-order valence-corrected chi connectivity index (χ4v) is 5.04. The standard InChI is InChI=1S/C31H28N2O2S/c1-22(2)21-35-28-18-17-24(26-15-9-10-16-27(26)28)19-29-30(34)33(20-23-11-5-3-6-12-23)31(36-29)32-25-13-7-4-8-14-25/h3-19,22H,20-21H2,1-2H3/b29-19+,32-31?. The number of rotatable bonds is 7. The number of ether oxygens (including phenoxy) is 1. The number of hydrogen-bond donors (Lipinski definition) is 0. The van der Waals surface area contributed by atoms with Crippen LogP contribution in [-0.4, -0.2) is 22.6 Å². The van der Waals surface area contributed by atoms with Gasteiger partial charge >= 0.3 is 0 Å². The van der Waals surface area contributed by atoms with Crippen LogP contribution >= 0.6 is 11.8 Å². The second-order valence-corrected chi connectivity index (χ2v) is 10.1. The summed E-state index contributed by atoms with van der Waals surface area (Å²) < 4.78 is 6.07. The smallest absolute Gasteiger partial charge is 0.267 e. The number of hydrogen-bond acceptors (Lipinski definition) is 4. The Morgan fingerprint density at radius 1 is 0.861 bits per heavy atom. The van der Waals surface area contributed by atoms with Crippen molar-refractivity contribution in [3.05, 3.63) is 113 Å². The Morgan fingerprint density at radius 3 is 2.25 bits per heavy atom. The lowest BCUT2D eigenvalue weighted by Crippen LogP contribution is -2.28. The fourth-order valence-electron chi connectivity index (χ4n) is 4.05. The summed E-state index contributed by atoms with van der Waals surface area (Å²) in [6.07, 6.45) is 1.98. The molecule has 5 rings (SSSR count). The molecule has 1 heterocycles. The summed E-state index contributed by atoms with van der Waals surface area (Å²) in [6.45, 7) is 5.41. The van der Waals surface area contributed by atoms with Crippen LogP contribution in [0.4, 0.5) is 5.69 Å². The van der Waals surface area contributed by atoms with Gasteiger partial charge in [0.2, 0.25) is 0 Å². The SMILES string of the molecule is CC(C)COc1ccc(/C=C2/SC(=Nc3ccccc3)N(Cc3ccccc3)C2=O)c2ccccc12. The monoisotopic (exact) mass is 492 g/mol. The molecule has 0 spiro atoms. The summed E-state index contributed by atoms with van der Waals surface area (Å²) in [5.41, 5.74) is 2.87. The van der Waals surface area contributed by atoms with Crippen molar-refractivity contribution in [2.24, 2.45) is 10.9 Å². The number of thioether (sulfide) groups is 1. The highest BCUT2D eigenvalue weighted by atomic mass is 32.2. The largest absolute Gasteiger partial charge is 0.493 e. The molecule has 1 fully saturated rings. The molecule has 0 aliphatic carbocycles. The highest BCUT2D eigenvalue weighted by Crippen LogP contribution is 2.37. The molecule has 0 N–H and O–H groups in total. The maximum Gasteiger partial charge on any atom is 0.267 e. The molecule has 0 atom stereocenters. The topological polar surface area (TPSA) is 41.9 Å². The number of carbonyl (C=O) groups excluding carboxylic acids is 1. The normalized spacial score (nSPS) is 16.0. The molecular weight excluding hydrogens is 464 g/mol. The molecule has 4 aromatic carbocycles. The summed E-state index contributed by atoms with van der Waals surface area (Å²) >= 11 is 1.42. The van der Waals surface area contributed by atoms with Crippen molar-refractivity contribution < 1.29 is 9.53 Å². The molecule has 0 radical (unpaired) electrons. The van der Waals surface area contributed by atoms with Gasteiger partial charge in [-0.2, -0.15) is 0 Å². The Balaban J connectivity index is 1.52. The van der Waals surface area contributed by atoms with Gasteiger partial charge in [-0.1, -0.05) is 92.7 Å². The third kappa shape index (κ3) is 5.37. The molecule has 5 heteroatoms. The molecule has 1 saturated heterocycles. The number of benzene rings is 4. The number of amidine groups is 1. The summed E-state index contributed by atoms with van der Waals surface area (Å²) in [6, 6.07) is 32.0. The minimum absolute atomic E-state index is 0.0391. The molecule has 180 valence electrons. The number of para-hydroxylation sites is 1. The lowest BCUT2D eigenvalue weighted by Gasteiger charge is -2.15. The van der Waals surface area contributed by atoms with E-state index < -0.39 is 0 Å². The van der Waals surface area contributed by atoms with Crippen molar-refractivity contribution >= 4 is 45.4 Å². The summed E-state index contributed by atoms with van der Waals surface area (Å²) in [5.74, 6) is 1.27. The highest BCUT2D eigenvalue weighted by Gasteiger charge is 2.33. The summed E-state index contributed by atoms with van der Waals surface area (Å²) in [7, 11) is 0. The molecule has 0 bridgehead atoms. The van der Waals surface area contributed by atoms with Gasteiger partial charge in [-0.15, -0.1) is 0 Å². The summed E-state index contributed by atoms with van der Waals surface area (Å²) in [5, 5.41) is 2.78. The van der Waals surface area contributed by atoms with E-state index in [9.17, 15) is 4.79 Å². The van der Waals surface area contributed by atoms with Crippen LogP contribution in [0.5, 0.6) is 5.75 Å². The predicted octanol–water partition coefficient (Wildman–Crippen LogP) is 7.68. The molecule has 4 nitrogen and oxygen atoms in total. The minimum atomic E-state index is -0.0391. The van der Waals surface area contributed by atoms with E-state index in [1.807, 2.05) is 91.0 Å². The average Bonchev–Trinajstić information content (AvgIpc) is 3.18. The van der Waals surface area contributed by atoms with Crippen molar-refractivity contribution in [3.63, 3.8) is 0 Å². The van der Waals surface area contributed by atoms with Gasteiger partial charge in [0.15, 0.2) is 5.17 Å². The zero-order valence-electron chi connectivity index (χ0n) is 20.4. The van der Waals surface area contributed by atoms with Gasteiger partial charge in [0.25, 0.3) is 5.91 Å². The van der Waals surface area contributed by atoms with Gasteiger partial charge in [0.1, 0.15) is 5.75 Å². The van der Waals surface area contributed by atoms with Gasteiger partial charge < -0.3 is 4.74 Å². The van der Waals surface area contributed by atoms with Crippen molar-refractivity contribution in [3.8, 4) is 5.75 Å². The first-order valence-electron chi connectivity index (χ1n) is 12.1. The lowest BCUT2D eigenvalue weighted by atomic mass is 10.0. The second kappa shape index (κ2) is 10.8. The minimum Gasteiger partial charge on any atom is -0.493 e. The molecule has 0 aromatic heterocycles. The first-order chi connectivity index (χ1) is 17.6. The van der Waals surface area contributed by atoms with Gasteiger partial charge in [-0.05, 0) is 58.5 Å². The molecule has 4 aromatic rings. The zero-order chi connectivity index (χ0) is 24.9. The van der Waals surface area contributed by atoms with Gasteiger partial charge in [-0.3, -0.25) is 9.69 Å². The Kier molecular flexibility index (Phi) is 7.19. The van der Waals surface area contributed by atoms with Crippen molar-refractivity contribution in [1.29, 1.82) is 0 Å². The third-order valence-electron chi connectivity index (χ3n) is 5.83. The molecule has 0 saturated carbocycles. The molecule has 1 aliphatic heterocycles. The van der Waals surface area contributed by atoms with Gasteiger partial charge in [0.05, 0.1) is 23.7 Å². The molecule has 0 unspecified atom stereocenters. The summed E-state index contributed by atoms with van der Waals surface area (Å²) in [4.78, 5) is 20.9. The number of aliphatic imine (C=N–C) groups is 1.